The average molecular weight is 571 g/mol. The SMILES string of the molecule is O=C1[C@@H](O)[C@@H](O)[C@@H](C(=O)N2CCCc3c2ccc(Cl)c3Cl)CN1c1cc(C(F)(F)F)cc(C(F)(F)F)c1. The van der Waals surface area contributed by atoms with Crippen LogP contribution in [0.4, 0.5) is 37.7 Å². The quantitative estimate of drug-likeness (QED) is 0.513. The molecule has 0 saturated carbocycles. The van der Waals surface area contributed by atoms with E-state index in [1.54, 1.807) is 0 Å². The summed E-state index contributed by atoms with van der Waals surface area (Å²) in [5, 5.41) is 21.3. The monoisotopic (exact) mass is 570 g/mol. The minimum absolute atomic E-state index is 0.106. The van der Waals surface area contributed by atoms with Crippen molar-refractivity contribution in [2.75, 3.05) is 22.9 Å². The molecule has 0 spiro atoms. The number of amides is 2. The fourth-order valence-corrected chi connectivity index (χ4v) is 4.94. The first-order valence-electron chi connectivity index (χ1n) is 10.9. The summed E-state index contributed by atoms with van der Waals surface area (Å²) in [6.45, 7) is -0.625. The lowest BCUT2D eigenvalue weighted by Gasteiger charge is -2.41. The number of benzene rings is 2. The van der Waals surface area contributed by atoms with Crippen LogP contribution in [0, 0.1) is 5.92 Å². The Morgan fingerprint density at radius 3 is 2.14 bits per heavy atom. The van der Waals surface area contributed by atoms with Gasteiger partial charge in [-0.3, -0.25) is 9.59 Å². The van der Waals surface area contributed by atoms with Crippen molar-refractivity contribution in [2.45, 2.75) is 37.4 Å². The van der Waals surface area contributed by atoms with Gasteiger partial charge in [-0.15, -0.1) is 0 Å². The predicted molar refractivity (Wildman–Crippen MR) is 121 cm³/mol. The summed E-state index contributed by atoms with van der Waals surface area (Å²) < 4.78 is 80.1. The number of aliphatic hydroxyl groups excluding tert-OH is 2. The topological polar surface area (TPSA) is 81.1 Å². The van der Waals surface area contributed by atoms with Crippen LogP contribution in [0.25, 0.3) is 0 Å². The van der Waals surface area contributed by atoms with Crippen LogP contribution in [0.5, 0.6) is 0 Å². The molecule has 2 aliphatic rings. The zero-order chi connectivity index (χ0) is 27.4. The third kappa shape index (κ3) is 5.12. The van der Waals surface area contributed by atoms with Crippen molar-refractivity contribution >= 4 is 46.4 Å². The van der Waals surface area contributed by atoms with Crippen LogP contribution in [0.3, 0.4) is 0 Å². The fraction of sp³-hybridized carbons (Fsp3) is 0.391. The van der Waals surface area contributed by atoms with Crippen molar-refractivity contribution in [3.05, 3.63) is 57.1 Å². The summed E-state index contributed by atoms with van der Waals surface area (Å²) >= 11 is 12.3. The van der Waals surface area contributed by atoms with Crippen LogP contribution in [0.2, 0.25) is 10.0 Å². The Morgan fingerprint density at radius 2 is 1.57 bits per heavy atom. The first-order chi connectivity index (χ1) is 17.1. The maximum absolute atomic E-state index is 13.5. The molecule has 2 N–H and O–H groups in total. The van der Waals surface area contributed by atoms with Gasteiger partial charge >= 0.3 is 12.4 Å². The van der Waals surface area contributed by atoms with Gasteiger partial charge < -0.3 is 20.0 Å². The number of halogens is 8. The largest absolute Gasteiger partial charge is 0.416 e. The molecule has 3 atom stereocenters. The molecule has 4 rings (SSSR count). The Labute approximate surface area is 216 Å². The Morgan fingerprint density at radius 1 is 0.973 bits per heavy atom. The number of hydrogen-bond donors (Lipinski definition) is 2. The highest BCUT2D eigenvalue weighted by Gasteiger charge is 2.47. The van der Waals surface area contributed by atoms with Gasteiger partial charge in [-0.2, -0.15) is 26.3 Å². The number of rotatable bonds is 2. The third-order valence-electron chi connectivity index (χ3n) is 6.37. The molecule has 200 valence electrons. The van der Waals surface area contributed by atoms with Crippen molar-refractivity contribution in [1.82, 2.24) is 0 Å². The van der Waals surface area contributed by atoms with E-state index in [0.29, 0.717) is 41.1 Å². The normalized spacial score (nSPS) is 22.8. The Balaban J connectivity index is 1.74. The second-order valence-electron chi connectivity index (χ2n) is 8.71. The maximum atomic E-state index is 13.5. The van der Waals surface area contributed by atoms with E-state index in [9.17, 15) is 46.1 Å². The highest BCUT2D eigenvalue weighted by atomic mass is 35.5. The van der Waals surface area contributed by atoms with Gasteiger partial charge in [0.15, 0.2) is 6.10 Å². The Kier molecular flexibility index (Phi) is 7.17. The molecular formula is C23H18Cl2F6N2O4. The number of piperidine rings is 1. The molecule has 2 aromatic rings. The van der Waals surface area contributed by atoms with Crippen LogP contribution in [0.15, 0.2) is 30.3 Å². The molecule has 2 aromatic carbocycles. The third-order valence-corrected chi connectivity index (χ3v) is 7.22. The molecule has 2 heterocycles. The van der Waals surface area contributed by atoms with Crippen molar-refractivity contribution < 1.29 is 46.1 Å². The smallest absolute Gasteiger partial charge is 0.389 e. The van der Waals surface area contributed by atoms with E-state index < -0.39 is 65.7 Å². The summed E-state index contributed by atoms with van der Waals surface area (Å²) in [6.07, 6.45) is -13.7. The van der Waals surface area contributed by atoms with Gasteiger partial charge in [0.2, 0.25) is 5.91 Å². The molecule has 1 saturated heterocycles. The standard InChI is InChI=1S/C23H18Cl2F6N2O4/c24-15-3-4-16-13(17(15)25)2-1-5-32(16)20(36)14-9-33(21(37)19(35)18(14)34)12-7-10(22(26,27)28)6-11(8-12)23(29,30)31/h3-4,6-8,14,18-19,34-35H,1-2,5,9H2/t14-,18-,19-/m0/s1. The number of hydrogen-bond acceptors (Lipinski definition) is 4. The van der Waals surface area contributed by atoms with Gasteiger partial charge in [0.05, 0.1) is 27.1 Å². The number of aliphatic hydroxyl groups is 2. The summed E-state index contributed by atoms with van der Waals surface area (Å²) in [4.78, 5) is 27.9. The van der Waals surface area contributed by atoms with Crippen LogP contribution in [-0.4, -0.2) is 47.3 Å². The Hall–Kier alpha value is -2.54. The number of alkyl halides is 6. The number of fused-ring (bicyclic) bond motifs is 1. The van der Waals surface area contributed by atoms with Crippen LogP contribution in [-0.2, 0) is 28.4 Å². The van der Waals surface area contributed by atoms with Gasteiger partial charge in [-0.1, -0.05) is 23.2 Å². The fourth-order valence-electron chi connectivity index (χ4n) is 4.51. The minimum atomic E-state index is -5.18. The maximum Gasteiger partial charge on any atom is 0.416 e. The molecule has 0 aliphatic carbocycles. The van der Waals surface area contributed by atoms with Crippen molar-refractivity contribution in [2.24, 2.45) is 5.92 Å². The highest BCUT2D eigenvalue weighted by molar-refractivity contribution is 6.42. The summed E-state index contributed by atoms with van der Waals surface area (Å²) in [6, 6.07) is 3.48. The first kappa shape index (κ1) is 27.5. The van der Waals surface area contributed by atoms with E-state index in [-0.39, 0.29) is 22.7 Å². The second-order valence-corrected chi connectivity index (χ2v) is 9.49. The Bertz CT molecular complexity index is 1220. The molecule has 14 heteroatoms. The zero-order valence-electron chi connectivity index (χ0n) is 18.6. The molecule has 0 radical (unpaired) electrons. The van der Waals surface area contributed by atoms with Gasteiger partial charge in [-0.25, -0.2) is 0 Å². The van der Waals surface area contributed by atoms with Gasteiger partial charge in [0.25, 0.3) is 5.91 Å². The lowest BCUT2D eigenvalue weighted by molar-refractivity contribution is -0.146. The first-order valence-corrected chi connectivity index (χ1v) is 11.6. The lowest BCUT2D eigenvalue weighted by Crippen LogP contribution is -2.61. The average Bonchev–Trinajstić information content (AvgIpc) is 2.83. The lowest BCUT2D eigenvalue weighted by atomic mass is 9.88. The zero-order valence-corrected chi connectivity index (χ0v) is 20.1. The van der Waals surface area contributed by atoms with E-state index in [1.165, 1.54) is 17.0 Å². The van der Waals surface area contributed by atoms with Crippen LogP contribution in [0.1, 0.15) is 23.1 Å². The summed E-state index contributed by atoms with van der Waals surface area (Å²) in [7, 11) is 0. The van der Waals surface area contributed by atoms with Crippen molar-refractivity contribution in [3.8, 4) is 0 Å². The second kappa shape index (κ2) is 9.64. The van der Waals surface area contributed by atoms with Crippen LogP contribution >= 0.6 is 23.2 Å². The molecule has 0 bridgehead atoms. The molecule has 1 fully saturated rings. The van der Waals surface area contributed by atoms with Crippen LogP contribution < -0.4 is 9.80 Å². The van der Waals surface area contributed by atoms with Gasteiger partial charge in [-0.05, 0) is 48.7 Å². The molecule has 0 unspecified atom stereocenters. The van der Waals surface area contributed by atoms with E-state index >= 15 is 0 Å². The number of nitrogens with zero attached hydrogens (tertiary/aromatic N) is 2. The molecule has 2 amide bonds. The predicted octanol–water partition coefficient (Wildman–Crippen LogP) is 4.70. The van der Waals surface area contributed by atoms with Crippen molar-refractivity contribution in [3.63, 3.8) is 0 Å². The molecule has 0 aromatic heterocycles. The van der Waals surface area contributed by atoms with E-state index in [0.717, 1.165) is 0 Å². The number of carbonyl (C=O) groups excluding carboxylic acids is 2. The summed E-state index contributed by atoms with van der Waals surface area (Å²) in [5.74, 6) is -3.72. The number of carbonyl (C=O) groups is 2. The highest BCUT2D eigenvalue weighted by Crippen LogP contribution is 2.41. The van der Waals surface area contributed by atoms with E-state index in [1.807, 2.05) is 0 Å². The van der Waals surface area contributed by atoms with Gasteiger partial charge in [0.1, 0.15) is 6.10 Å². The number of anilines is 2. The van der Waals surface area contributed by atoms with Crippen molar-refractivity contribution in [1.29, 1.82) is 0 Å². The molecule has 37 heavy (non-hydrogen) atoms. The minimum Gasteiger partial charge on any atom is -0.389 e. The molecular weight excluding hydrogens is 553 g/mol. The molecule has 6 nitrogen and oxygen atoms in total. The van der Waals surface area contributed by atoms with E-state index in [2.05, 4.69) is 0 Å². The van der Waals surface area contributed by atoms with Gasteiger partial charge in [0, 0.05) is 24.5 Å². The molecule has 2 aliphatic heterocycles. The van der Waals surface area contributed by atoms with E-state index in [4.69, 9.17) is 23.2 Å². The summed E-state index contributed by atoms with van der Waals surface area (Å²) in [5.41, 5.74) is -3.28.